The summed E-state index contributed by atoms with van der Waals surface area (Å²) in [4.78, 5) is 12.6. The lowest BCUT2D eigenvalue weighted by Crippen LogP contribution is -2.22. The molecule has 8 nitrogen and oxygen atoms in total. The highest BCUT2D eigenvalue weighted by Crippen LogP contribution is 2.34. The second-order valence-electron chi connectivity index (χ2n) is 6.41. The second kappa shape index (κ2) is 8.04. The van der Waals surface area contributed by atoms with Crippen LogP contribution < -0.4 is 19.5 Å². The number of rotatable bonds is 6. The summed E-state index contributed by atoms with van der Waals surface area (Å²) < 4.78 is 17.8. The van der Waals surface area contributed by atoms with Crippen molar-refractivity contribution in [3.63, 3.8) is 0 Å². The van der Waals surface area contributed by atoms with Crippen molar-refractivity contribution in [1.82, 2.24) is 14.8 Å². The first kappa shape index (κ1) is 19.1. The van der Waals surface area contributed by atoms with Crippen LogP contribution in [0.5, 0.6) is 17.2 Å². The van der Waals surface area contributed by atoms with Crippen molar-refractivity contribution in [3.8, 4) is 28.6 Å². The fraction of sp³-hybridized carbons (Fsp3) is 0.250. The minimum absolute atomic E-state index is 0.139. The molecular weight excluding hydrogens is 392 g/mol. The Kier molecular flexibility index (Phi) is 5.30. The topological polar surface area (TPSA) is 87.5 Å². The van der Waals surface area contributed by atoms with Crippen molar-refractivity contribution in [2.75, 3.05) is 19.2 Å². The Morgan fingerprint density at radius 2 is 2.03 bits per heavy atom. The molecule has 1 atom stereocenters. The summed E-state index contributed by atoms with van der Waals surface area (Å²) >= 11 is 1.34. The Balaban J connectivity index is 1.45. The van der Waals surface area contributed by atoms with Crippen LogP contribution in [0.25, 0.3) is 11.4 Å². The summed E-state index contributed by atoms with van der Waals surface area (Å²) in [6.45, 7) is 2.02. The van der Waals surface area contributed by atoms with Gasteiger partial charge in [0.2, 0.25) is 12.7 Å². The summed E-state index contributed by atoms with van der Waals surface area (Å²) in [6.07, 6.45) is 0. The lowest BCUT2D eigenvalue weighted by Gasteiger charge is -2.12. The minimum Gasteiger partial charge on any atom is -0.497 e. The molecule has 2 aromatic carbocycles. The maximum atomic E-state index is 12.6. The molecule has 9 heteroatoms. The van der Waals surface area contributed by atoms with Gasteiger partial charge in [0.05, 0.1) is 12.4 Å². The number of fused-ring (bicyclic) bond motifs is 1. The molecule has 1 unspecified atom stereocenters. The average molecular weight is 412 g/mol. The Hall–Kier alpha value is -3.20. The minimum atomic E-state index is -0.374. The number of hydrogen-bond donors (Lipinski definition) is 1. The predicted octanol–water partition coefficient (Wildman–Crippen LogP) is 3.34. The van der Waals surface area contributed by atoms with Gasteiger partial charge >= 0.3 is 0 Å². The van der Waals surface area contributed by atoms with Crippen molar-refractivity contribution in [2.24, 2.45) is 7.05 Å². The zero-order valence-electron chi connectivity index (χ0n) is 16.2. The molecule has 3 aromatic rings. The standard InChI is InChI=1S/C20H20N4O4S/c1-12(19(25)21-14-7-8-16-17(10-14)28-11-27-16)29-20-23-22-18(24(20)2)13-5-4-6-15(9-13)26-3/h4-10,12H,11H2,1-3H3,(H,21,25). The van der Waals surface area contributed by atoms with Crippen LogP contribution in [0.15, 0.2) is 47.6 Å². The second-order valence-corrected chi connectivity index (χ2v) is 7.72. The fourth-order valence-electron chi connectivity index (χ4n) is 2.86. The molecule has 1 amide bonds. The van der Waals surface area contributed by atoms with Gasteiger partial charge in [-0.3, -0.25) is 4.79 Å². The van der Waals surface area contributed by atoms with Gasteiger partial charge in [-0.1, -0.05) is 23.9 Å². The van der Waals surface area contributed by atoms with E-state index in [4.69, 9.17) is 14.2 Å². The maximum absolute atomic E-state index is 12.6. The molecule has 0 aliphatic carbocycles. The highest BCUT2D eigenvalue weighted by atomic mass is 32.2. The smallest absolute Gasteiger partial charge is 0.237 e. The van der Waals surface area contributed by atoms with Crippen LogP contribution in [0.4, 0.5) is 5.69 Å². The summed E-state index contributed by atoms with van der Waals surface area (Å²) in [7, 11) is 3.50. The van der Waals surface area contributed by atoms with Crippen LogP contribution >= 0.6 is 11.8 Å². The van der Waals surface area contributed by atoms with Crippen molar-refractivity contribution >= 4 is 23.4 Å². The van der Waals surface area contributed by atoms with Crippen LogP contribution in [-0.2, 0) is 11.8 Å². The first-order valence-corrected chi connectivity index (χ1v) is 9.84. The van der Waals surface area contributed by atoms with Gasteiger partial charge in [-0.25, -0.2) is 0 Å². The molecule has 0 bridgehead atoms. The maximum Gasteiger partial charge on any atom is 0.237 e. The summed E-state index contributed by atoms with van der Waals surface area (Å²) in [6, 6.07) is 12.9. The van der Waals surface area contributed by atoms with Crippen LogP contribution in [0, 0.1) is 0 Å². The third-order valence-electron chi connectivity index (χ3n) is 4.45. The highest BCUT2D eigenvalue weighted by molar-refractivity contribution is 8.00. The lowest BCUT2D eigenvalue weighted by atomic mass is 10.2. The lowest BCUT2D eigenvalue weighted by molar-refractivity contribution is -0.115. The quantitative estimate of drug-likeness (QED) is 0.621. The largest absolute Gasteiger partial charge is 0.497 e. The number of carbonyl (C=O) groups excluding carboxylic acids is 1. The van der Waals surface area contributed by atoms with E-state index in [2.05, 4.69) is 15.5 Å². The van der Waals surface area contributed by atoms with E-state index in [0.29, 0.717) is 28.2 Å². The Morgan fingerprint density at radius 1 is 1.21 bits per heavy atom. The van der Waals surface area contributed by atoms with Gasteiger partial charge < -0.3 is 24.1 Å². The van der Waals surface area contributed by atoms with Crippen LogP contribution in [0.1, 0.15) is 6.92 Å². The van der Waals surface area contributed by atoms with Crippen molar-refractivity contribution < 1.29 is 19.0 Å². The molecule has 150 valence electrons. The fourth-order valence-corrected chi connectivity index (χ4v) is 3.68. The van der Waals surface area contributed by atoms with Crippen molar-refractivity contribution in [3.05, 3.63) is 42.5 Å². The molecule has 1 aromatic heterocycles. The van der Waals surface area contributed by atoms with Crippen molar-refractivity contribution in [2.45, 2.75) is 17.3 Å². The molecule has 0 radical (unpaired) electrons. The third kappa shape index (κ3) is 4.00. The number of nitrogens with zero attached hydrogens (tertiary/aromatic N) is 3. The normalized spacial score (nSPS) is 13.2. The SMILES string of the molecule is COc1cccc(-c2nnc(SC(C)C(=O)Nc3ccc4c(c3)OCO4)n2C)c1. The Labute approximate surface area is 172 Å². The predicted molar refractivity (Wildman–Crippen MR) is 110 cm³/mol. The number of methoxy groups -OCH3 is 1. The number of nitrogens with one attached hydrogen (secondary N) is 1. The van der Waals surface area contributed by atoms with Crippen LogP contribution in [0.3, 0.4) is 0 Å². The number of amides is 1. The number of benzene rings is 2. The molecule has 2 heterocycles. The summed E-state index contributed by atoms with van der Waals surface area (Å²) in [5.74, 6) is 2.61. The van der Waals surface area contributed by atoms with E-state index in [1.807, 2.05) is 42.8 Å². The highest BCUT2D eigenvalue weighted by Gasteiger charge is 2.21. The first-order chi connectivity index (χ1) is 14.0. The molecule has 1 aliphatic rings. The molecule has 4 rings (SSSR count). The van der Waals surface area contributed by atoms with E-state index in [-0.39, 0.29) is 18.0 Å². The number of thioether (sulfide) groups is 1. The van der Waals surface area contributed by atoms with E-state index in [1.165, 1.54) is 11.8 Å². The van der Waals surface area contributed by atoms with Gasteiger partial charge in [0, 0.05) is 24.4 Å². The van der Waals surface area contributed by atoms with Gasteiger partial charge in [0.1, 0.15) is 5.75 Å². The molecule has 0 fully saturated rings. The van der Waals surface area contributed by atoms with E-state index in [0.717, 1.165) is 11.3 Å². The number of ether oxygens (including phenoxy) is 3. The molecule has 29 heavy (non-hydrogen) atoms. The number of hydrogen-bond acceptors (Lipinski definition) is 7. The van der Waals surface area contributed by atoms with Gasteiger partial charge in [-0.15, -0.1) is 10.2 Å². The number of anilines is 1. The Bertz CT molecular complexity index is 1050. The first-order valence-electron chi connectivity index (χ1n) is 8.96. The number of aromatic nitrogens is 3. The monoisotopic (exact) mass is 412 g/mol. The zero-order valence-corrected chi connectivity index (χ0v) is 17.0. The van der Waals surface area contributed by atoms with Crippen LogP contribution in [0.2, 0.25) is 0 Å². The van der Waals surface area contributed by atoms with Crippen molar-refractivity contribution in [1.29, 1.82) is 0 Å². The van der Waals surface area contributed by atoms with E-state index in [9.17, 15) is 4.79 Å². The third-order valence-corrected chi connectivity index (χ3v) is 5.59. The van der Waals surface area contributed by atoms with E-state index >= 15 is 0 Å². The molecule has 1 aliphatic heterocycles. The summed E-state index contributed by atoms with van der Waals surface area (Å²) in [5.41, 5.74) is 1.55. The molecular formula is C20H20N4O4S. The van der Waals surface area contributed by atoms with E-state index in [1.54, 1.807) is 25.3 Å². The molecule has 0 saturated carbocycles. The van der Waals surface area contributed by atoms with Crippen LogP contribution in [-0.4, -0.2) is 39.8 Å². The van der Waals surface area contributed by atoms with E-state index < -0.39 is 0 Å². The van der Waals surface area contributed by atoms with Gasteiger partial charge in [0.15, 0.2) is 22.5 Å². The number of carbonyl (C=O) groups is 1. The summed E-state index contributed by atoms with van der Waals surface area (Å²) in [5, 5.41) is 11.7. The van der Waals surface area contributed by atoms with Gasteiger partial charge in [-0.2, -0.15) is 0 Å². The Morgan fingerprint density at radius 3 is 2.86 bits per heavy atom. The molecule has 0 spiro atoms. The zero-order chi connectivity index (χ0) is 20.4. The average Bonchev–Trinajstić information content (AvgIpc) is 3.34. The van der Waals surface area contributed by atoms with Gasteiger partial charge in [0.25, 0.3) is 0 Å². The molecule has 0 saturated heterocycles. The van der Waals surface area contributed by atoms with Gasteiger partial charge in [-0.05, 0) is 31.2 Å². The molecule has 1 N–H and O–H groups in total.